The Hall–Kier alpha value is -4.55. The van der Waals surface area contributed by atoms with Crippen LogP contribution in [-0.2, 0) is 11.3 Å². The van der Waals surface area contributed by atoms with E-state index in [-0.39, 0.29) is 5.91 Å². The Balaban J connectivity index is 1.48. The number of hydrogen-bond donors (Lipinski definition) is 2. The van der Waals surface area contributed by atoms with Gasteiger partial charge in [-0.05, 0) is 42.3 Å². The lowest BCUT2D eigenvalue weighted by atomic mass is 10.1. The average molecular weight is 484 g/mol. The number of likely N-dealkylation sites (N-methyl/N-ethyl adjacent to an activating group) is 1. The van der Waals surface area contributed by atoms with E-state index in [1.165, 1.54) is 0 Å². The van der Waals surface area contributed by atoms with Crippen molar-refractivity contribution in [2.24, 2.45) is 0 Å². The van der Waals surface area contributed by atoms with Crippen LogP contribution in [0.15, 0.2) is 77.9 Å². The molecule has 4 rings (SSSR count). The first-order chi connectivity index (χ1) is 17.4. The molecule has 3 aromatic rings. The third-order valence-electron chi connectivity index (χ3n) is 5.91. The molecule has 0 unspecified atom stereocenters. The minimum atomic E-state index is -0.165. The van der Waals surface area contributed by atoms with Gasteiger partial charge >= 0.3 is 0 Å². The van der Waals surface area contributed by atoms with Crippen molar-refractivity contribution in [1.29, 1.82) is 0 Å². The summed E-state index contributed by atoms with van der Waals surface area (Å²) in [5.41, 5.74) is 8.97. The molecule has 36 heavy (non-hydrogen) atoms. The summed E-state index contributed by atoms with van der Waals surface area (Å²) in [6.45, 7) is 2.34. The number of nitrogens with zero attached hydrogens (tertiary/aromatic N) is 5. The number of pyridine rings is 1. The van der Waals surface area contributed by atoms with Gasteiger partial charge < -0.3 is 10.1 Å². The summed E-state index contributed by atoms with van der Waals surface area (Å²) in [5.74, 6) is 2.87. The minimum absolute atomic E-state index is 0.165. The maximum Gasteiger partial charge on any atom is 0.271 e. The van der Waals surface area contributed by atoms with E-state index in [1.807, 2.05) is 73.1 Å². The summed E-state index contributed by atoms with van der Waals surface area (Å²) in [4.78, 5) is 22.1. The first-order valence-corrected chi connectivity index (χ1v) is 11.5. The van der Waals surface area contributed by atoms with Crippen LogP contribution in [0.3, 0.4) is 0 Å². The van der Waals surface area contributed by atoms with E-state index in [9.17, 15) is 4.79 Å². The molecular weight excluding hydrogens is 454 g/mol. The number of methoxy groups -OCH3 is 1. The molecule has 0 radical (unpaired) electrons. The van der Waals surface area contributed by atoms with E-state index in [2.05, 4.69) is 26.7 Å². The van der Waals surface area contributed by atoms with Gasteiger partial charge in [-0.25, -0.2) is 4.98 Å². The number of benzene rings is 1. The topological polar surface area (TPSA) is 87.5 Å². The fourth-order valence-corrected chi connectivity index (χ4v) is 4.00. The predicted molar refractivity (Wildman–Crippen MR) is 139 cm³/mol. The second-order valence-electron chi connectivity index (χ2n) is 8.21. The maximum absolute atomic E-state index is 13.1. The van der Waals surface area contributed by atoms with Crippen LogP contribution in [0.25, 0.3) is 16.9 Å². The van der Waals surface area contributed by atoms with Crippen molar-refractivity contribution in [2.45, 2.75) is 19.9 Å². The van der Waals surface area contributed by atoms with E-state index in [0.717, 1.165) is 28.0 Å². The van der Waals surface area contributed by atoms with Crippen molar-refractivity contribution < 1.29 is 9.53 Å². The van der Waals surface area contributed by atoms with Gasteiger partial charge in [0.2, 0.25) is 5.88 Å². The Kier molecular flexibility index (Phi) is 7.37. The molecule has 9 heteroatoms. The van der Waals surface area contributed by atoms with Crippen LogP contribution in [0, 0.1) is 12.3 Å². The molecule has 0 aliphatic carbocycles. The largest absolute Gasteiger partial charge is 0.481 e. The van der Waals surface area contributed by atoms with Crippen LogP contribution in [-0.4, -0.2) is 51.7 Å². The van der Waals surface area contributed by atoms with Gasteiger partial charge in [0.15, 0.2) is 5.65 Å². The lowest BCUT2D eigenvalue weighted by Crippen LogP contribution is -2.39. The van der Waals surface area contributed by atoms with Gasteiger partial charge in [0.1, 0.15) is 17.5 Å². The monoisotopic (exact) mass is 483 g/mol. The molecule has 1 amide bonds. The number of hydrazine groups is 2. The van der Waals surface area contributed by atoms with Crippen molar-refractivity contribution >= 4 is 17.1 Å². The summed E-state index contributed by atoms with van der Waals surface area (Å²) in [6.07, 6.45) is 13.2. The summed E-state index contributed by atoms with van der Waals surface area (Å²) in [6, 6.07) is 11.6. The maximum atomic E-state index is 13.1. The fraction of sp³-hybridized carbons (Fsp3) is 0.222. The zero-order chi connectivity index (χ0) is 25.7. The van der Waals surface area contributed by atoms with E-state index in [0.29, 0.717) is 30.2 Å². The van der Waals surface area contributed by atoms with Crippen LogP contribution < -0.4 is 15.6 Å². The van der Waals surface area contributed by atoms with Gasteiger partial charge in [-0.15, -0.1) is 12.0 Å². The molecule has 184 valence electrons. The Bertz CT molecular complexity index is 1390. The third kappa shape index (κ3) is 5.09. The van der Waals surface area contributed by atoms with Crippen molar-refractivity contribution in [1.82, 2.24) is 35.4 Å². The summed E-state index contributed by atoms with van der Waals surface area (Å²) in [7, 11) is 5.29. The van der Waals surface area contributed by atoms with Crippen LogP contribution in [0.4, 0.5) is 0 Å². The number of terminal acetylenes is 1. The molecule has 1 aromatic carbocycles. The van der Waals surface area contributed by atoms with Crippen LogP contribution >= 0.6 is 0 Å². The lowest BCUT2D eigenvalue weighted by molar-refractivity contribution is -0.119. The predicted octanol–water partition coefficient (Wildman–Crippen LogP) is 3.08. The fourth-order valence-electron chi connectivity index (χ4n) is 4.00. The quantitative estimate of drug-likeness (QED) is 0.376. The second-order valence-corrected chi connectivity index (χ2v) is 8.21. The number of carbonyl (C=O) groups excluding carboxylic acids is 1. The van der Waals surface area contributed by atoms with Crippen molar-refractivity contribution in [3.63, 3.8) is 0 Å². The number of fused-ring (bicyclic) bond motifs is 1. The van der Waals surface area contributed by atoms with Crippen LogP contribution in [0.5, 0.6) is 5.88 Å². The number of imidazole rings is 1. The Morgan fingerprint density at radius 1 is 1.19 bits per heavy atom. The van der Waals surface area contributed by atoms with E-state index < -0.39 is 0 Å². The number of aromatic nitrogens is 3. The number of carbonyl (C=O) groups is 1. The smallest absolute Gasteiger partial charge is 0.271 e. The highest BCUT2D eigenvalue weighted by Gasteiger charge is 2.29. The molecule has 0 spiro atoms. The van der Waals surface area contributed by atoms with Gasteiger partial charge in [0, 0.05) is 38.8 Å². The number of amides is 1. The molecule has 0 bridgehead atoms. The van der Waals surface area contributed by atoms with Gasteiger partial charge in [-0.2, -0.15) is 4.98 Å². The first kappa shape index (κ1) is 24.6. The van der Waals surface area contributed by atoms with Gasteiger partial charge in [-0.1, -0.05) is 30.2 Å². The first-order valence-electron chi connectivity index (χ1n) is 11.5. The number of rotatable bonds is 8. The van der Waals surface area contributed by atoms with Gasteiger partial charge in [0.25, 0.3) is 5.91 Å². The Morgan fingerprint density at radius 3 is 2.67 bits per heavy atom. The SMILES string of the molecule is C#C/C=C\C(=C/C)CC1=C(C(=O)NCc2ccc(-n3cnc4ccc(OC)nc43)cc2)N(C)NN1C. The molecule has 0 saturated carbocycles. The van der Waals surface area contributed by atoms with Crippen molar-refractivity contribution in [3.05, 3.63) is 83.5 Å². The molecule has 2 aromatic heterocycles. The molecule has 0 saturated heterocycles. The standard InChI is InChI=1S/C27H29N7O2/c1-6-8-9-19(7-2)16-23-25(33(4)31-32(23)3)27(35)28-17-20-10-12-21(13-11-20)34-18-29-22-14-15-24(36-5)30-26(22)34/h1,7-15,18,31H,16-17H2,2-5H3,(H,28,35)/b9-8-,19-7+. The molecule has 0 atom stereocenters. The number of allylic oxidation sites excluding steroid dienone is 4. The Labute approximate surface area is 210 Å². The van der Waals surface area contributed by atoms with E-state index >= 15 is 0 Å². The van der Waals surface area contributed by atoms with Gasteiger partial charge in [-0.3, -0.25) is 19.4 Å². The summed E-state index contributed by atoms with van der Waals surface area (Å²) >= 11 is 0. The van der Waals surface area contributed by atoms with Crippen LogP contribution in [0.2, 0.25) is 0 Å². The zero-order valence-corrected chi connectivity index (χ0v) is 20.8. The average Bonchev–Trinajstić information content (AvgIpc) is 3.44. The molecule has 9 nitrogen and oxygen atoms in total. The third-order valence-corrected chi connectivity index (χ3v) is 5.91. The van der Waals surface area contributed by atoms with Crippen LogP contribution in [0.1, 0.15) is 18.9 Å². The number of hydrogen-bond acceptors (Lipinski definition) is 7. The molecule has 1 aliphatic rings. The number of ether oxygens (including phenoxy) is 1. The summed E-state index contributed by atoms with van der Waals surface area (Å²) in [5, 5.41) is 6.59. The second kappa shape index (κ2) is 10.8. The minimum Gasteiger partial charge on any atom is -0.481 e. The molecule has 2 N–H and O–H groups in total. The van der Waals surface area contributed by atoms with E-state index in [4.69, 9.17) is 11.2 Å². The molecule has 0 fully saturated rings. The highest BCUT2D eigenvalue weighted by atomic mass is 16.5. The molecule has 3 heterocycles. The Morgan fingerprint density at radius 2 is 1.97 bits per heavy atom. The van der Waals surface area contributed by atoms with Gasteiger partial charge in [0.05, 0.1) is 12.8 Å². The summed E-state index contributed by atoms with van der Waals surface area (Å²) < 4.78 is 7.15. The highest BCUT2D eigenvalue weighted by molar-refractivity contribution is 5.93. The normalized spacial score (nSPS) is 14.1. The van der Waals surface area contributed by atoms with Crippen molar-refractivity contribution in [2.75, 3.05) is 21.2 Å². The highest BCUT2D eigenvalue weighted by Crippen LogP contribution is 2.25. The molecule has 1 aliphatic heterocycles. The van der Waals surface area contributed by atoms with E-state index in [1.54, 1.807) is 30.6 Å². The lowest BCUT2D eigenvalue weighted by Gasteiger charge is -2.17. The zero-order valence-electron chi connectivity index (χ0n) is 20.8. The molecular formula is C27H29N7O2. The van der Waals surface area contributed by atoms with Crippen molar-refractivity contribution in [3.8, 4) is 23.9 Å². The number of nitrogens with one attached hydrogen (secondary N) is 2.